The molecule has 9 heteroatoms. The summed E-state index contributed by atoms with van der Waals surface area (Å²) in [6, 6.07) is 23.1. The molecule has 2 heterocycles. The average Bonchev–Trinajstić information content (AvgIpc) is 3.19. The number of fused-ring (bicyclic) bond motifs is 1. The predicted octanol–water partition coefficient (Wildman–Crippen LogP) is 5.40. The minimum Gasteiger partial charge on any atom is -0.325 e. The van der Waals surface area contributed by atoms with Crippen LogP contribution in [0.4, 0.5) is 5.69 Å². The van der Waals surface area contributed by atoms with Crippen molar-refractivity contribution in [3.05, 3.63) is 99.3 Å². The third-order valence-electron chi connectivity index (χ3n) is 5.27. The lowest BCUT2D eigenvalue weighted by Gasteiger charge is -2.12. The third-order valence-corrected chi connectivity index (χ3v) is 6.09. The Morgan fingerprint density at radius 1 is 0.971 bits per heavy atom. The second-order valence-electron chi connectivity index (χ2n) is 7.55. The fourth-order valence-electron chi connectivity index (χ4n) is 3.72. The van der Waals surface area contributed by atoms with E-state index in [4.69, 9.17) is 28.2 Å². The van der Waals surface area contributed by atoms with Crippen molar-refractivity contribution >= 4 is 45.8 Å². The van der Waals surface area contributed by atoms with E-state index < -0.39 is 0 Å². The summed E-state index contributed by atoms with van der Waals surface area (Å²) in [6.45, 7) is 0.0137. The Balaban J connectivity index is 1.46. The molecule has 0 spiro atoms. The molecule has 0 atom stereocenters. The first-order valence-electron chi connectivity index (χ1n) is 10.4. The Kier molecular flexibility index (Phi) is 5.88. The number of hydrogen-bond acceptors (Lipinski definition) is 4. The monoisotopic (exact) mass is 489 g/mol. The highest BCUT2D eigenvalue weighted by Crippen LogP contribution is 2.34. The molecule has 0 aliphatic heterocycles. The fourth-order valence-corrected chi connectivity index (χ4v) is 4.11. The highest BCUT2D eigenvalue weighted by Gasteiger charge is 2.18. The number of para-hydroxylation sites is 2. The zero-order valence-electron chi connectivity index (χ0n) is 17.6. The van der Waals surface area contributed by atoms with Gasteiger partial charge in [-0.2, -0.15) is 5.10 Å². The number of aromatic amines is 1. The molecule has 3 aromatic carbocycles. The molecule has 34 heavy (non-hydrogen) atoms. The van der Waals surface area contributed by atoms with Gasteiger partial charge in [-0.1, -0.05) is 53.5 Å². The number of anilines is 1. The van der Waals surface area contributed by atoms with E-state index >= 15 is 0 Å². The molecule has 0 radical (unpaired) electrons. The number of aromatic nitrogens is 4. The van der Waals surface area contributed by atoms with Crippen LogP contribution in [0.1, 0.15) is 0 Å². The Hall–Kier alpha value is -3.94. The number of rotatable bonds is 5. The number of hydrogen-bond donors (Lipinski definition) is 2. The van der Waals surface area contributed by atoms with Crippen LogP contribution in [0.2, 0.25) is 10.0 Å². The Morgan fingerprint density at radius 2 is 1.79 bits per heavy atom. The average molecular weight is 490 g/mol. The summed E-state index contributed by atoms with van der Waals surface area (Å²) in [5, 5.41) is 10.2. The maximum atomic E-state index is 13.1. The van der Waals surface area contributed by atoms with E-state index in [2.05, 4.69) is 15.5 Å². The van der Waals surface area contributed by atoms with E-state index in [1.807, 2.05) is 47.0 Å². The van der Waals surface area contributed by atoms with E-state index in [-0.39, 0.29) is 18.0 Å². The number of benzene rings is 3. The van der Waals surface area contributed by atoms with Crippen LogP contribution in [0.15, 0.2) is 83.7 Å². The van der Waals surface area contributed by atoms with Gasteiger partial charge in [-0.05, 0) is 42.5 Å². The molecule has 0 bridgehead atoms. The molecular weight excluding hydrogens is 473 g/mol. The number of carbonyl (C=O) groups excluding carboxylic acids is 1. The Bertz CT molecular complexity index is 1570. The summed E-state index contributed by atoms with van der Waals surface area (Å²) in [4.78, 5) is 29.1. The molecule has 2 aromatic heterocycles. The highest BCUT2D eigenvalue weighted by molar-refractivity contribution is 6.43. The number of nitrogens with zero attached hydrogens (tertiary/aromatic N) is 3. The van der Waals surface area contributed by atoms with Crippen LogP contribution in [-0.4, -0.2) is 25.7 Å². The number of amides is 1. The summed E-state index contributed by atoms with van der Waals surface area (Å²) in [5.41, 5.74) is 3.85. The van der Waals surface area contributed by atoms with E-state index in [9.17, 15) is 9.59 Å². The van der Waals surface area contributed by atoms with Gasteiger partial charge in [0.15, 0.2) is 0 Å². The third kappa shape index (κ3) is 4.31. The molecular formula is C25H17Cl2N5O2. The van der Waals surface area contributed by atoms with Gasteiger partial charge >= 0.3 is 0 Å². The number of H-pyrrole nitrogens is 1. The van der Waals surface area contributed by atoms with E-state index in [1.165, 1.54) is 6.07 Å². The van der Waals surface area contributed by atoms with E-state index in [1.54, 1.807) is 30.3 Å². The van der Waals surface area contributed by atoms with Crippen molar-refractivity contribution in [3.8, 4) is 22.6 Å². The van der Waals surface area contributed by atoms with Gasteiger partial charge in [0, 0.05) is 22.9 Å². The van der Waals surface area contributed by atoms with Gasteiger partial charge in [-0.3, -0.25) is 9.59 Å². The van der Waals surface area contributed by atoms with Crippen molar-refractivity contribution in [3.63, 3.8) is 0 Å². The molecule has 0 aliphatic carbocycles. The smallest absolute Gasteiger partial charge is 0.264 e. The summed E-state index contributed by atoms with van der Waals surface area (Å²) in [6.07, 6.45) is 0. The first kappa shape index (κ1) is 21.9. The molecule has 0 aliphatic rings. The molecule has 0 fully saturated rings. The van der Waals surface area contributed by atoms with Crippen LogP contribution in [0.5, 0.6) is 0 Å². The van der Waals surface area contributed by atoms with Crippen molar-refractivity contribution < 1.29 is 4.79 Å². The second-order valence-corrected chi connectivity index (χ2v) is 8.33. The molecule has 0 saturated heterocycles. The topological polar surface area (TPSA) is 92.7 Å². The van der Waals surface area contributed by atoms with Gasteiger partial charge in [0.25, 0.3) is 5.56 Å². The molecule has 2 N–H and O–H groups in total. The summed E-state index contributed by atoms with van der Waals surface area (Å²) < 4.78 is 1.82. The summed E-state index contributed by atoms with van der Waals surface area (Å²) in [7, 11) is 0. The normalized spacial score (nSPS) is 11.0. The predicted molar refractivity (Wildman–Crippen MR) is 134 cm³/mol. The van der Waals surface area contributed by atoms with Crippen LogP contribution in [-0.2, 0) is 11.3 Å². The van der Waals surface area contributed by atoms with Crippen LogP contribution in [0.3, 0.4) is 0 Å². The van der Waals surface area contributed by atoms with Gasteiger partial charge in [-0.25, -0.2) is 10.1 Å². The lowest BCUT2D eigenvalue weighted by molar-refractivity contribution is -0.116. The number of carbonyl (C=O) groups is 1. The first-order chi connectivity index (χ1) is 16.5. The standard InChI is InChI=1S/C25H17Cl2N5O2/c26-18-8-4-7-17(24(18)27)25-29-20-9-1-2-10-21(20)32(25)14-23(34)28-16-6-3-5-15(13-16)19-11-12-22(33)31-30-19/h1-13H,14H2,(H,28,34)(H,31,33). The molecule has 0 saturated carbocycles. The zero-order chi connectivity index (χ0) is 23.7. The lowest BCUT2D eigenvalue weighted by Crippen LogP contribution is -2.19. The maximum absolute atomic E-state index is 13.1. The molecule has 5 rings (SSSR count). The molecule has 168 valence electrons. The fraction of sp³-hybridized carbons (Fsp3) is 0.0400. The minimum atomic E-state index is -0.281. The van der Waals surface area contributed by atoms with Crippen LogP contribution < -0.4 is 10.9 Å². The van der Waals surface area contributed by atoms with Crippen LogP contribution >= 0.6 is 23.2 Å². The minimum absolute atomic E-state index is 0.0137. The molecule has 5 aromatic rings. The van der Waals surface area contributed by atoms with Crippen molar-refractivity contribution in [2.24, 2.45) is 0 Å². The van der Waals surface area contributed by atoms with Gasteiger partial charge in [0.2, 0.25) is 5.91 Å². The molecule has 1 amide bonds. The van der Waals surface area contributed by atoms with Crippen LogP contribution in [0.25, 0.3) is 33.7 Å². The van der Waals surface area contributed by atoms with E-state index in [0.29, 0.717) is 32.8 Å². The summed E-state index contributed by atoms with van der Waals surface area (Å²) >= 11 is 12.7. The Morgan fingerprint density at radius 3 is 2.62 bits per heavy atom. The number of imidazole rings is 1. The quantitative estimate of drug-likeness (QED) is 0.345. The van der Waals surface area contributed by atoms with Crippen molar-refractivity contribution in [2.75, 3.05) is 5.32 Å². The highest BCUT2D eigenvalue weighted by atomic mass is 35.5. The SMILES string of the molecule is O=C(Cn1c(-c2cccc(Cl)c2Cl)nc2ccccc21)Nc1cccc(-c2ccc(=O)[nH]n2)c1. The van der Waals surface area contributed by atoms with Crippen LogP contribution in [0, 0.1) is 0 Å². The maximum Gasteiger partial charge on any atom is 0.264 e. The first-order valence-corrected chi connectivity index (χ1v) is 11.1. The lowest BCUT2D eigenvalue weighted by atomic mass is 10.1. The largest absolute Gasteiger partial charge is 0.325 e. The summed E-state index contributed by atoms with van der Waals surface area (Å²) in [5.74, 6) is 0.309. The van der Waals surface area contributed by atoms with Gasteiger partial charge in [-0.15, -0.1) is 0 Å². The molecule has 7 nitrogen and oxygen atoms in total. The Labute approximate surface area is 204 Å². The zero-order valence-corrected chi connectivity index (χ0v) is 19.1. The number of nitrogens with one attached hydrogen (secondary N) is 2. The molecule has 0 unspecified atom stereocenters. The number of halogens is 2. The van der Waals surface area contributed by atoms with Gasteiger partial charge in [0.05, 0.1) is 26.8 Å². The van der Waals surface area contributed by atoms with Crippen molar-refractivity contribution in [1.29, 1.82) is 0 Å². The van der Waals surface area contributed by atoms with Gasteiger partial charge < -0.3 is 9.88 Å². The van der Waals surface area contributed by atoms with Gasteiger partial charge in [0.1, 0.15) is 12.4 Å². The van der Waals surface area contributed by atoms with Crippen molar-refractivity contribution in [2.45, 2.75) is 6.54 Å². The van der Waals surface area contributed by atoms with Crippen molar-refractivity contribution in [1.82, 2.24) is 19.7 Å². The van der Waals surface area contributed by atoms with E-state index in [0.717, 1.165) is 16.6 Å². The second kappa shape index (κ2) is 9.13.